The van der Waals surface area contributed by atoms with Gasteiger partial charge >= 0.3 is 0 Å². The molecule has 1 aromatic carbocycles. The summed E-state index contributed by atoms with van der Waals surface area (Å²) < 4.78 is 11.3. The molecule has 20 heavy (non-hydrogen) atoms. The first-order valence-corrected chi connectivity index (χ1v) is 7.76. The first-order chi connectivity index (χ1) is 9.69. The van der Waals surface area contributed by atoms with Gasteiger partial charge in [-0.2, -0.15) is 0 Å². The lowest BCUT2D eigenvalue weighted by atomic mass is 10.0. The largest absolute Gasteiger partial charge is 0.508 e. The Morgan fingerprint density at radius 3 is 2.80 bits per heavy atom. The number of phenolic OH excluding ortho intramolecular Hbond substituents is 1. The lowest BCUT2D eigenvalue weighted by Gasteiger charge is -2.19. The van der Waals surface area contributed by atoms with Crippen molar-refractivity contribution in [1.82, 2.24) is 5.32 Å². The van der Waals surface area contributed by atoms with E-state index in [0.29, 0.717) is 19.0 Å². The molecular formula is C15H24BrNO3. The standard InChI is InChI=1S/C15H24BrNO3/c1-3-14(13-11-12(16)5-6-15(13)18)17-7-4-8-20-10-9-19-2/h5-6,11,14,17-18H,3-4,7-10H2,1-2H3. The van der Waals surface area contributed by atoms with E-state index in [1.54, 1.807) is 13.2 Å². The summed E-state index contributed by atoms with van der Waals surface area (Å²) in [6.07, 6.45) is 1.86. The molecule has 4 nitrogen and oxygen atoms in total. The van der Waals surface area contributed by atoms with Gasteiger partial charge in [-0.3, -0.25) is 0 Å². The number of benzene rings is 1. The number of methoxy groups -OCH3 is 1. The SMILES string of the molecule is CCC(NCCCOCCOC)c1cc(Br)ccc1O. The van der Waals surface area contributed by atoms with Crippen LogP contribution in [0, 0.1) is 0 Å². The zero-order chi connectivity index (χ0) is 14.8. The molecule has 0 fully saturated rings. The van der Waals surface area contributed by atoms with Gasteiger partial charge in [0.2, 0.25) is 0 Å². The van der Waals surface area contributed by atoms with Gasteiger partial charge in [-0.15, -0.1) is 0 Å². The van der Waals surface area contributed by atoms with E-state index in [0.717, 1.165) is 36.0 Å². The molecule has 2 N–H and O–H groups in total. The van der Waals surface area contributed by atoms with Gasteiger partial charge in [-0.25, -0.2) is 0 Å². The fraction of sp³-hybridized carbons (Fsp3) is 0.600. The highest BCUT2D eigenvalue weighted by atomic mass is 79.9. The molecule has 0 amide bonds. The van der Waals surface area contributed by atoms with Crippen molar-refractivity contribution in [2.45, 2.75) is 25.8 Å². The molecule has 0 bridgehead atoms. The van der Waals surface area contributed by atoms with Crippen LogP contribution in [0.1, 0.15) is 31.4 Å². The van der Waals surface area contributed by atoms with E-state index in [1.807, 2.05) is 12.1 Å². The minimum absolute atomic E-state index is 0.159. The maximum absolute atomic E-state index is 9.94. The van der Waals surface area contributed by atoms with E-state index in [2.05, 4.69) is 28.2 Å². The number of halogens is 1. The summed E-state index contributed by atoms with van der Waals surface area (Å²) in [4.78, 5) is 0. The maximum Gasteiger partial charge on any atom is 0.120 e. The zero-order valence-corrected chi connectivity index (χ0v) is 13.8. The molecule has 1 rings (SSSR count). The summed E-state index contributed by atoms with van der Waals surface area (Å²) in [5.41, 5.74) is 0.933. The van der Waals surface area contributed by atoms with Crippen LogP contribution in [0.5, 0.6) is 5.75 Å². The van der Waals surface area contributed by atoms with E-state index in [-0.39, 0.29) is 6.04 Å². The molecule has 0 spiro atoms. The molecule has 1 aromatic rings. The van der Waals surface area contributed by atoms with Crippen LogP contribution in [0.2, 0.25) is 0 Å². The van der Waals surface area contributed by atoms with Crippen molar-refractivity contribution in [3.8, 4) is 5.75 Å². The molecule has 114 valence electrons. The lowest BCUT2D eigenvalue weighted by molar-refractivity contribution is 0.0692. The first kappa shape index (κ1) is 17.4. The van der Waals surface area contributed by atoms with Gasteiger partial charge in [0.1, 0.15) is 5.75 Å². The Morgan fingerprint density at radius 2 is 2.10 bits per heavy atom. The number of ether oxygens (including phenoxy) is 2. The molecule has 1 atom stereocenters. The van der Waals surface area contributed by atoms with Gasteiger partial charge in [0, 0.05) is 29.8 Å². The second-order valence-electron chi connectivity index (χ2n) is 4.58. The Hall–Kier alpha value is -0.620. The lowest BCUT2D eigenvalue weighted by Crippen LogP contribution is -2.23. The number of hydrogen-bond acceptors (Lipinski definition) is 4. The number of rotatable bonds is 10. The predicted molar refractivity (Wildman–Crippen MR) is 84.2 cm³/mol. The van der Waals surface area contributed by atoms with Crippen molar-refractivity contribution in [1.29, 1.82) is 0 Å². The average molecular weight is 346 g/mol. The number of phenols is 1. The highest BCUT2D eigenvalue weighted by Gasteiger charge is 2.13. The summed E-state index contributed by atoms with van der Waals surface area (Å²) in [6, 6.07) is 5.68. The fourth-order valence-electron chi connectivity index (χ4n) is 1.97. The smallest absolute Gasteiger partial charge is 0.120 e. The van der Waals surface area contributed by atoms with Crippen LogP contribution in [0.25, 0.3) is 0 Å². The highest BCUT2D eigenvalue weighted by molar-refractivity contribution is 9.10. The Kier molecular flexibility index (Phi) is 8.85. The molecule has 0 aliphatic carbocycles. The second kappa shape index (κ2) is 10.2. The van der Waals surface area contributed by atoms with Gasteiger partial charge in [0.25, 0.3) is 0 Å². The monoisotopic (exact) mass is 345 g/mol. The third-order valence-electron chi connectivity index (χ3n) is 3.06. The average Bonchev–Trinajstić information content (AvgIpc) is 2.45. The van der Waals surface area contributed by atoms with Crippen molar-refractivity contribution < 1.29 is 14.6 Å². The van der Waals surface area contributed by atoms with Gasteiger partial charge in [-0.1, -0.05) is 22.9 Å². The van der Waals surface area contributed by atoms with Crippen molar-refractivity contribution >= 4 is 15.9 Å². The van der Waals surface area contributed by atoms with Crippen LogP contribution in [0.4, 0.5) is 0 Å². The van der Waals surface area contributed by atoms with E-state index in [4.69, 9.17) is 9.47 Å². The number of nitrogens with one attached hydrogen (secondary N) is 1. The summed E-state index contributed by atoms with van der Waals surface area (Å²) >= 11 is 3.44. The van der Waals surface area contributed by atoms with Crippen LogP contribution in [0.15, 0.2) is 22.7 Å². The fourth-order valence-corrected chi connectivity index (χ4v) is 2.35. The minimum Gasteiger partial charge on any atom is -0.508 e. The molecule has 5 heteroatoms. The molecule has 0 saturated heterocycles. The second-order valence-corrected chi connectivity index (χ2v) is 5.49. The highest BCUT2D eigenvalue weighted by Crippen LogP contribution is 2.29. The molecular weight excluding hydrogens is 322 g/mol. The van der Waals surface area contributed by atoms with Crippen molar-refractivity contribution in [2.75, 3.05) is 33.5 Å². The normalized spacial score (nSPS) is 12.6. The minimum atomic E-state index is 0.159. The van der Waals surface area contributed by atoms with E-state index in [9.17, 15) is 5.11 Å². The maximum atomic E-state index is 9.94. The number of hydrogen-bond donors (Lipinski definition) is 2. The van der Waals surface area contributed by atoms with E-state index >= 15 is 0 Å². The Labute approximate surface area is 129 Å². The van der Waals surface area contributed by atoms with Crippen LogP contribution in [-0.4, -0.2) is 38.6 Å². The quantitative estimate of drug-likeness (QED) is 0.639. The van der Waals surface area contributed by atoms with Crippen LogP contribution in [-0.2, 0) is 9.47 Å². The predicted octanol–water partition coefficient (Wildman–Crippen LogP) is 3.25. The Balaban J connectivity index is 2.34. The molecule has 0 radical (unpaired) electrons. The van der Waals surface area contributed by atoms with Gasteiger partial charge in [0.05, 0.1) is 13.2 Å². The molecule has 0 heterocycles. The molecule has 0 aromatic heterocycles. The molecule has 0 aliphatic rings. The van der Waals surface area contributed by atoms with Crippen molar-refractivity contribution in [3.05, 3.63) is 28.2 Å². The van der Waals surface area contributed by atoms with Crippen LogP contribution in [0.3, 0.4) is 0 Å². The van der Waals surface area contributed by atoms with Crippen molar-refractivity contribution in [2.24, 2.45) is 0 Å². The summed E-state index contributed by atoms with van der Waals surface area (Å²) in [5.74, 6) is 0.337. The van der Waals surface area contributed by atoms with Gasteiger partial charge in [-0.05, 0) is 37.6 Å². The van der Waals surface area contributed by atoms with Crippen LogP contribution >= 0.6 is 15.9 Å². The summed E-state index contributed by atoms with van der Waals surface area (Å²) in [5, 5.41) is 13.4. The third kappa shape index (κ3) is 6.22. The Morgan fingerprint density at radius 1 is 1.30 bits per heavy atom. The molecule has 0 saturated carbocycles. The van der Waals surface area contributed by atoms with Gasteiger partial charge < -0.3 is 19.9 Å². The molecule has 0 aliphatic heterocycles. The van der Waals surface area contributed by atoms with E-state index in [1.165, 1.54) is 0 Å². The summed E-state index contributed by atoms with van der Waals surface area (Å²) in [7, 11) is 1.67. The topological polar surface area (TPSA) is 50.7 Å². The zero-order valence-electron chi connectivity index (χ0n) is 12.2. The number of aromatic hydroxyl groups is 1. The van der Waals surface area contributed by atoms with Gasteiger partial charge in [0.15, 0.2) is 0 Å². The van der Waals surface area contributed by atoms with Crippen molar-refractivity contribution in [3.63, 3.8) is 0 Å². The van der Waals surface area contributed by atoms with Crippen LogP contribution < -0.4 is 5.32 Å². The Bertz CT molecular complexity index is 387. The van der Waals surface area contributed by atoms with E-state index < -0.39 is 0 Å². The molecule has 1 unspecified atom stereocenters. The first-order valence-electron chi connectivity index (χ1n) is 6.97. The summed E-state index contributed by atoms with van der Waals surface area (Å²) in [6.45, 7) is 4.96. The third-order valence-corrected chi connectivity index (χ3v) is 3.55.